The molecule has 0 saturated heterocycles. The Morgan fingerprint density at radius 3 is 2.69 bits per heavy atom. The topological polar surface area (TPSA) is 67.4 Å². The lowest BCUT2D eigenvalue weighted by atomic mass is 10.1. The van der Waals surface area contributed by atoms with Gasteiger partial charge in [0.2, 0.25) is 0 Å². The van der Waals surface area contributed by atoms with Crippen LogP contribution in [-0.4, -0.2) is 28.8 Å². The van der Waals surface area contributed by atoms with Crippen molar-refractivity contribution in [2.24, 2.45) is 4.99 Å². The Labute approximate surface area is 173 Å². The summed E-state index contributed by atoms with van der Waals surface area (Å²) in [6.07, 6.45) is 3.46. The summed E-state index contributed by atoms with van der Waals surface area (Å²) in [5.74, 6) is 1.79. The van der Waals surface area contributed by atoms with Gasteiger partial charge in [-0.1, -0.05) is 30.3 Å². The molecule has 0 fully saturated rings. The van der Waals surface area contributed by atoms with Crippen LogP contribution in [-0.2, 0) is 13.0 Å². The normalized spacial score (nSPS) is 12.7. The maximum atomic E-state index is 5.42. The Hall–Kier alpha value is -3.02. The van der Waals surface area contributed by atoms with Crippen molar-refractivity contribution in [1.82, 2.24) is 20.4 Å². The SMILES string of the molecule is Cc1cc(C)n(CCCN=C(NCCc2ccco2)NC(C)c2ccccc2)n1. The standard InChI is InChI=1S/C23H31N5O/c1-18-17-19(2)28(27-18)15-8-13-24-23(25-14-12-22-11-7-16-29-22)26-20(3)21-9-5-4-6-10-21/h4-7,9-11,16-17,20H,8,12-15H2,1-3H3,(H2,24,25,26). The van der Waals surface area contributed by atoms with Crippen molar-refractivity contribution in [3.05, 3.63) is 77.5 Å². The highest BCUT2D eigenvalue weighted by Crippen LogP contribution is 2.11. The molecule has 29 heavy (non-hydrogen) atoms. The molecule has 3 aromatic rings. The Bertz CT molecular complexity index is 883. The van der Waals surface area contributed by atoms with Crippen LogP contribution in [0.2, 0.25) is 0 Å². The van der Waals surface area contributed by atoms with Crippen LogP contribution in [0.3, 0.4) is 0 Å². The van der Waals surface area contributed by atoms with Crippen LogP contribution in [0.1, 0.15) is 42.1 Å². The number of aromatic nitrogens is 2. The average molecular weight is 394 g/mol. The maximum absolute atomic E-state index is 5.42. The number of furan rings is 1. The molecule has 2 aromatic heterocycles. The number of benzene rings is 1. The zero-order valence-electron chi connectivity index (χ0n) is 17.6. The van der Waals surface area contributed by atoms with Gasteiger partial charge in [0.15, 0.2) is 5.96 Å². The second kappa shape index (κ2) is 10.5. The average Bonchev–Trinajstić information content (AvgIpc) is 3.34. The molecule has 2 N–H and O–H groups in total. The number of hydrogen-bond acceptors (Lipinski definition) is 3. The van der Waals surface area contributed by atoms with Crippen molar-refractivity contribution in [3.63, 3.8) is 0 Å². The second-order valence-electron chi connectivity index (χ2n) is 7.27. The minimum Gasteiger partial charge on any atom is -0.469 e. The van der Waals surface area contributed by atoms with E-state index in [0.29, 0.717) is 0 Å². The predicted octanol–water partition coefficient (Wildman–Crippen LogP) is 4.02. The number of aliphatic imine (C=N–C) groups is 1. The molecule has 6 heteroatoms. The van der Waals surface area contributed by atoms with E-state index in [1.165, 1.54) is 11.3 Å². The highest BCUT2D eigenvalue weighted by Gasteiger charge is 2.08. The van der Waals surface area contributed by atoms with Crippen LogP contribution >= 0.6 is 0 Å². The maximum Gasteiger partial charge on any atom is 0.191 e. The molecule has 0 amide bonds. The van der Waals surface area contributed by atoms with Gasteiger partial charge in [0.1, 0.15) is 5.76 Å². The van der Waals surface area contributed by atoms with Crippen LogP contribution in [0.4, 0.5) is 0 Å². The molecule has 0 aliphatic heterocycles. The molecule has 0 aliphatic rings. The summed E-state index contributed by atoms with van der Waals surface area (Å²) >= 11 is 0. The minimum absolute atomic E-state index is 0.169. The van der Waals surface area contributed by atoms with Crippen LogP contribution < -0.4 is 10.6 Å². The van der Waals surface area contributed by atoms with E-state index >= 15 is 0 Å². The Morgan fingerprint density at radius 1 is 1.17 bits per heavy atom. The number of rotatable bonds is 9. The van der Waals surface area contributed by atoms with E-state index in [9.17, 15) is 0 Å². The smallest absolute Gasteiger partial charge is 0.191 e. The van der Waals surface area contributed by atoms with E-state index in [4.69, 9.17) is 9.41 Å². The lowest BCUT2D eigenvalue weighted by molar-refractivity contribution is 0.506. The first-order valence-electron chi connectivity index (χ1n) is 10.2. The fourth-order valence-electron chi connectivity index (χ4n) is 3.25. The highest BCUT2D eigenvalue weighted by molar-refractivity contribution is 5.80. The summed E-state index contributed by atoms with van der Waals surface area (Å²) in [4.78, 5) is 4.78. The lowest BCUT2D eigenvalue weighted by Gasteiger charge is -2.18. The summed E-state index contributed by atoms with van der Waals surface area (Å²) < 4.78 is 7.47. The van der Waals surface area contributed by atoms with E-state index in [2.05, 4.69) is 64.6 Å². The zero-order chi connectivity index (χ0) is 20.5. The molecule has 0 bridgehead atoms. The van der Waals surface area contributed by atoms with Crippen LogP contribution in [0.15, 0.2) is 64.2 Å². The van der Waals surface area contributed by atoms with Gasteiger partial charge in [-0.2, -0.15) is 5.10 Å². The molecule has 0 saturated carbocycles. The monoisotopic (exact) mass is 393 g/mol. The molecule has 1 atom stereocenters. The summed E-state index contributed by atoms with van der Waals surface area (Å²) in [6, 6.07) is 16.6. The van der Waals surface area contributed by atoms with E-state index < -0.39 is 0 Å². The van der Waals surface area contributed by atoms with Crippen molar-refractivity contribution in [2.75, 3.05) is 13.1 Å². The van der Waals surface area contributed by atoms with Gasteiger partial charge in [0, 0.05) is 31.7 Å². The van der Waals surface area contributed by atoms with Crippen molar-refractivity contribution in [1.29, 1.82) is 0 Å². The first-order valence-corrected chi connectivity index (χ1v) is 10.2. The van der Waals surface area contributed by atoms with E-state index in [1.54, 1.807) is 6.26 Å². The number of aryl methyl sites for hydroxylation is 3. The molecule has 1 unspecified atom stereocenters. The summed E-state index contributed by atoms with van der Waals surface area (Å²) in [5, 5.41) is 11.5. The number of hydrogen-bond donors (Lipinski definition) is 2. The van der Waals surface area contributed by atoms with Crippen LogP contribution in [0.5, 0.6) is 0 Å². The van der Waals surface area contributed by atoms with Crippen molar-refractivity contribution >= 4 is 5.96 Å². The molecule has 1 aromatic carbocycles. The van der Waals surface area contributed by atoms with Gasteiger partial charge in [0.05, 0.1) is 18.0 Å². The lowest BCUT2D eigenvalue weighted by Crippen LogP contribution is -2.40. The van der Waals surface area contributed by atoms with E-state index in [0.717, 1.165) is 49.9 Å². The van der Waals surface area contributed by atoms with Gasteiger partial charge >= 0.3 is 0 Å². The fraction of sp³-hybridized carbons (Fsp3) is 0.391. The Kier molecular flexibility index (Phi) is 7.50. The summed E-state index contributed by atoms with van der Waals surface area (Å²) in [7, 11) is 0. The van der Waals surface area contributed by atoms with E-state index in [1.807, 2.05) is 25.1 Å². The molecule has 2 heterocycles. The Balaban J connectivity index is 1.56. The quantitative estimate of drug-likeness (QED) is 0.327. The largest absolute Gasteiger partial charge is 0.469 e. The van der Waals surface area contributed by atoms with Crippen molar-refractivity contribution < 1.29 is 4.42 Å². The van der Waals surface area contributed by atoms with Gasteiger partial charge in [-0.05, 0) is 51.0 Å². The summed E-state index contributed by atoms with van der Waals surface area (Å²) in [6.45, 7) is 8.63. The third kappa shape index (κ3) is 6.52. The highest BCUT2D eigenvalue weighted by atomic mass is 16.3. The van der Waals surface area contributed by atoms with E-state index in [-0.39, 0.29) is 6.04 Å². The van der Waals surface area contributed by atoms with Crippen LogP contribution in [0, 0.1) is 13.8 Å². The first kappa shape index (κ1) is 20.7. The molecule has 3 rings (SSSR count). The number of guanidine groups is 1. The minimum atomic E-state index is 0.169. The van der Waals surface area contributed by atoms with Gasteiger partial charge in [0.25, 0.3) is 0 Å². The molecule has 0 aliphatic carbocycles. The second-order valence-corrected chi connectivity index (χ2v) is 7.27. The third-order valence-corrected chi connectivity index (χ3v) is 4.80. The van der Waals surface area contributed by atoms with Gasteiger partial charge in [-0.15, -0.1) is 0 Å². The molecule has 154 valence electrons. The molecule has 0 radical (unpaired) electrons. The predicted molar refractivity (Wildman–Crippen MR) is 117 cm³/mol. The summed E-state index contributed by atoms with van der Waals surface area (Å²) in [5.41, 5.74) is 3.49. The zero-order valence-corrected chi connectivity index (χ0v) is 17.6. The van der Waals surface area contributed by atoms with Gasteiger partial charge < -0.3 is 15.1 Å². The molecular formula is C23H31N5O. The van der Waals surface area contributed by atoms with Crippen LogP contribution in [0.25, 0.3) is 0 Å². The molecular weight excluding hydrogens is 362 g/mol. The fourth-order valence-corrected chi connectivity index (χ4v) is 3.25. The Morgan fingerprint density at radius 2 is 2.00 bits per heavy atom. The molecule has 6 nitrogen and oxygen atoms in total. The van der Waals surface area contributed by atoms with Gasteiger partial charge in [-0.25, -0.2) is 0 Å². The number of nitrogens with one attached hydrogen (secondary N) is 2. The number of nitrogens with zero attached hydrogens (tertiary/aromatic N) is 3. The van der Waals surface area contributed by atoms with Crippen molar-refractivity contribution in [3.8, 4) is 0 Å². The molecule has 0 spiro atoms. The third-order valence-electron chi connectivity index (χ3n) is 4.80. The van der Waals surface area contributed by atoms with Gasteiger partial charge in [-0.3, -0.25) is 9.67 Å². The van der Waals surface area contributed by atoms with Crippen molar-refractivity contribution in [2.45, 2.75) is 46.2 Å². The first-order chi connectivity index (χ1) is 14.1.